The Morgan fingerprint density at radius 1 is 1.39 bits per heavy atom. The molecule has 4 heteroatoms. The summed E-state index contributed by atoms with van der Waals surface area (Å²) in [5.74, 6) is -0.0410. The summed E-state index contributed by atoms with van der Waals surface area (Å²) in [4.78, 5) is 15.2. The first-order valence-electron chi connectivity index (χ1n) is 6.27. The van der Waals surface area contributed by atoms with Crippen LogP contribution in [-0.2, 0) is 0 Å². The van der Waals surface area contributed by atoms with E-state index in [2.05, 4.69) is 16.4 Å². The lowest BCUT2D eigenvalue weighted by Gasteiger charge is -2.32. The molecule has 1 aromatic carbocycles. The molecule has 0 aliphatic heterocycles. The zero-order valence-corrected chi connectivity index (χ0v) is 10.4. The van der Waals surface area contributed by atoms with E-state index in [4.69, 9.17) is 5.73 Å². The summed E-state index contributed by atoms with van der Waals surface area (Å²) in [5, 5.41) is 4.06. The number of hydrogen-bond acceptors (Lipinski definition) is 2. The van der Waals surface area contributed by atoms with Gasteiger partial charge in [0, 0.05) is 23.0 Å². The number of rotatable bonds is 2. The quantitative estimate of drug-likeness (QED) is 0.751. The van der Waals surface area contributed by atoms with Gasteiger partial charge in [-0.25, -0.2) is 0 Å². The molecule has 2 aromatic rings. The molecule has 4 nitrogen and oxygen atoms in total. The van der Waals surface area contributed by atoms with E-state index in [1.54, 1.807) is 0 Å². The summed E-state index contributed by atoms with van der Waals surface area (Å²) in [6.45, 7) is 2.04. The van der Waals surface area contributed by atoms with Crippen molar-refractivity contribution in [2.75, 3.05) is 0 Å². The van der Waals surface area contributed by atoms with Crippen molar-refractivity contribution in [3.8, 4) is 0 Å². The van der Waals surface area contributed by atoms with Crippen molar-refractivity contribution in [2.24, 2.45) is 5.73 Å². The van der Waals surface area contributed by atoms with Crippen LogP contribution >= 0.6 is 0 Å². The molecule has 0 atom stereocenters. The van der Waals surface area contributed by atoms with Gasteiger partial charge in [0.1, 0.15) is 5.69 Å². The van der Waals surface area contributed by atoms with E-state index in [0.717, 1.165) is 23.7 Å². The van der Waals surface area contributed by atoms with Crippen molar-refractivity contribution < 1.29 is 4.79 Å². The summed E-state index contributed by atoms with van der Waals surface area (Å²) in [6.07, 6.45) is 1.76. The molecule has 0 spiro atoms. The molecule has 0 unspecified atom stereocenters. The Labute approximate surface area is 106 Å². The second kappa shape index (κ2) is 4.14. The number of nitrogens with two attached hydrogens (primary N) is 1. The van der Waals surface area contributed by atoms with Crippen LogP contribution in [0.25, 0.3) is 10.9 Å². The fourth-order valence-corrected chi connectivity index (χ4v) is 2.42. The number of aryl methyl sites for hydroxylation is 1. The minimum absolute atomic E-state index is 0.0410. The summed E-state index contributed by atoms with van der Waals surface area (Å²) in [6, 6.07) is 8.49. The van der Waals surface area contributed by atoms with Crippen LogP contribution in [0, 0.1) is 6.92 Å². The van der Waals surface area contributed by atoms with Crippen molar-refractivity contribution in [2.45, 2.75) is 31.8 Å². The topological polar surface area (TPSA) is 70.9 Å². The molecular formula is C14H17N3O. The largest absolute Gasteiger partial charge is 0.351 e. The van der Waals surface area contributed by atoms with Crippen LogP contribution in [0.5, 0.6) is 0 Å². The third-order valence-electron chi connectivity index (χ3n) is 3.53. The van der Waals surface area contributed by atoms with Crippen molar-refractivity contribution in [1.82, 2.24) is 10.3 Å². The fourth-order valence-electron chi connectivity index (χ4n) is 2.42. The number of amides is 1. The lowest BCUT2D eigenvalue weighted by atomic mass is 9.87. The summed E-state index contributed by atoms with van der Waals surface area (Å²) >= 11 is 0. The third kappa shape index (κ3) is 1.99. The molecule has 0 bridgehead atoms. The lowest BCUT2D eigenvalue weighted by Crippen LogP contribution is -2.50. The van der Waals surface area contributed by atoms with Crippen molar-refractivity contribution in [3.05, 3.63) is 35.5 Å². The van der Waals surface area contributed by atoms with Crippen LogP contribution in [-0.4, -0.2) is 23.0 Å². The van der Waals surface area contributed by atoms with Crippen LogP contribution in [0.4, 0.5) is 0 Å². The lowest BCUT2D eigenvalue weighted by molar-refractivity contribution is 0.0906. The summed E-state index contributed by atoms with van der Waals surface area (Å²) < 4.78 is 0. The zero-order valence-electron chi connectivity index (χ0n) is 10.4. The van der Waals surface area contributed by atoms with E-state index in [-0.39, 0.29) is 18.0 Å². The Balaban J connectivity index is 1.79. The van der Waals surface area contributed by atoms with E-state index >= 15 is 0 Å². The average Bonchev–Trinajstić information content (AvgIpc) is 2.69. The number of hydrogen-bond donors (Lipinski definition) is 3. The first kappa shape index (κ1) is 11.3. The van der Waals surface area contributed by atoms with Gasteiger partial charge in [0.05, 0.1) is 0 Å². The van der Waals surface area contributed by atoms with E-state index in [0.29, 0.717) is 5.69 Å². The monoisotopic (exact) mass is 243 g/mol. The molecule has 18 heavy (non-hydrogen) atoms. The van der Waals surface area contributed by atoms with Gasteiger partial charge in [0.2, 0.25) is 0 Å². The number of fused-ring (bicyclic) bond motifs is 1. The van der Waals surface area contributed by atoms with Gasteiger partial charge in [-0.15, -0.1) is 0 Å². The molecule has 1 fully saturated rings. The van der Waals surface area contributed by atoms with Crippen LogP contribution in [0.3, 0.4) is 0 Å². The highest BCUT2D eigenvalue weighted by Gasteiger charge is 2.27. The van der Waals surface area contributed by atoms with Gasteiger partial charge in [-0.1, -0.05) is 11.6 Å². The predicted octanol–water partition coefficient (Wildman–Crippen LogP) is 1.70. The number of aromatic nitrogens is 1. The highest BCUT2D eigenvalue weighted by molar-refractivity contribution is 5.98. The molecule has 0 saturated heterocycles. The Morgan fingerprint density at radius 2 is 2.17 bits per heavy atom. The molecule has 3 rings (SSSR count). The molecule has 1 aliphatic rings. The molecule has 94 valence electrons. The molecular weight excluding hydrogens is 226 g/mol. The number of carbonyl (C=O) groups is 1. The molecule has 1 saturated carbocycles. The predicted molar refractivity (Wildman–Crippen MR) is 71.5 cm³/mol. The van der Waals surface area contributed by atoms with Gasteiger partial charge < -0.3 is 16.0 Å². The van der Waals surface area contributed by atoms with Crippen molar-refractivity contribution >= 4 is 16.8 Å². The zero-order chi connectivity index (χ0) is 12.7. The van der Waals surface area contributed by atoms with Gasteiger partial charge in [-0.2, -0.15) is 0 Å². The number of nitrogens with one attached hydrogen (secondary N) is 2. The second-order valence-electron chi connectivity index (χ2n) is 5.18. The van der Waals surface area contributed by atoms with Crippen molar-refractivity contribution in [3.63, 3.8) is 0 Å². The van der Waals surface area contributed by atoms with Crippen LogP contribution in [0.15, 0.2) is 24.3 Å². The van der Waals surface area contributed by atoms with E-state index < -0.39 is 0 Å². The number of carbonyl (C=O) groups excluding carboxylic acids is 1. The summed E-state index contributed by atoms with van der Waals surface area (Å²) in [5.41, 5.74) is 8.51. The Hall–Kier alpha value is -1.81. The highest BCUT2D eigenvalue weighted by atomic mass is 16.1. The summed E-state index contributed by atoms with van der Waals surface area (Å²) in [7, 11) is 0. The molecule has 1 heterocycles. The SMILES string of the molecule is Cc1ccc2[nH]c(C(=O)NC3CC(N)C3)cc2c1. The normalized spacial score (nSPS) is 22.8. The van der Waals surface area contributed by atoms with E-state index in [9.17, 15) is 4.79 Å². The first-order chi connectivity index (χ1) is 8.61. The maximum Gasteiger partial charge on any atom is 0.267 e. The maximum atomic E-state index is 12.0. The molecule has 1 aromatic heterocycles. The average molecular weight is 243 g/mol. The van der Waals surface area contributed by atoms with Crippen LogP contribution in [0.2, 0.25) is 0 Å². The molecule has 1 amide bonds. The van der Waals surface area contributed by atoms with Gasteiger partial charge in [-0.05, 0) is 38.0 Å². The Bertz CT molecular complexity index is 596. The van der Waals surface area contributed by atoms with E-state index in [1.807, 2.05) is 25.1 Å². The second-order valence-corrected chi connectivity index (χ2v) is 5.18. The number of H-pyrrole nitrogens is 1. The molecule has 4 N–H and O–H groups in total. The number of aromatic amines is 1. The fraction of sp³-hybridized carbons (Fsp3) is 0.357. The molecule has 0 radical (unpaired) electrons. The minimum atomic E-state index is -0.0410. The van der Waals surface area contributed by atoms with Gasteiger partial charge in [-0.3, -0.25) is 4.79 Å². The van der Waals surface area contributed by atoms with Gasteiger partial charge >= 0.3 is 0 Å². The Kier molecular flexibility index (Phi) is 2.59. The third-order valence-corrected chi connectivity index (χ3v) is 3.53. The van der Waals surface area contributed by atoms with Gasteiger partial charge in [0.15, 0.2) is 0 Å². The molecule has 1 aliphatic carbocycles. The van der Waals surface area contributed by atoms with E-state index in [1.165, 1.54) is 5.56 Å². The van der Waals surface area contributed by atoms with Crippen molar-refractivity contribution in [1.29, 1.82) is 0 Å². The smallest absolute Gasteiger partial charge is 0.267 e. The van der Waals surface area contributed by atoms with Crippen LogP contribution in [0.1, 0.15) is 28.9 Å². The minimum Gasteiger partial charge on any atom is -0.351 e. The number of benzene rings is 1. The standard InChI is InChI=1S/C14H17N3O/c1-8-2-3-12-9(4-8)5-13(17-12)14(18)16-11-6-10(15)7-11/h2-5,10-11,17H,6-7,15H2,1H3,(H,16,18). The first-order valence-corrected chi connectivity index (χ1v) is 6.27. The van der Waals surface area contributed by atoms with Crippen LogP contribution < -0.4 is 11.1 Å². The van der Waals surface area contributed by atoms with Gasteiger partial charge in [0.25, 0.3) is 5.91 Å². The maximum absolute atomic E-state index is 12.0. The highest BCUT2D eigenvalue weighted by Crippen LogP contribution is 2.20. The Morgan fingerprint density at radius 3 is 2.89 bits per heavy atom.